The Morgan fingerprint density at radius 2 is 2.06 bits per heavy atom. The van der Waals surface area contributed by atoms with Gasteiger partial charge >= 0.3 is 11.9 Å². The van der Waals surface area contributed by atoms with Crippen LogP contribution in [0.4, 0.5) is 0 Å². The van der Waals surface area contributed by atoms with Crippen LogP contribution in [0.2, 0.25) is 0 Å². The van der Waals surface area contributed by atoms with E-state index in [0.717, 1.165) is 55.3 Å². The summed E-state index contributed by atoms with van der Waals surface area (Å²) in [4.78, 5) is 34.2. The molecule has 8 heteroatoms. The summed E-state index contributed by atoms with van der Waals surface area (Å²) in [5.74, 6) is -0.645. The Morgan fingerprint density at radius 3 is 2.88 bits per heavy atom. The highest BCUT2D eigenvalue weighted by Crippen LogP contribution is 2.37. The van der Waals surface area contributed by atoms with Crippen molar-refractivity contribution in [2.24, 2.45) is 0 Å². The fourth-order valence-corrected chi connectivity index (χ4v) is 6.08. The van der Waals surface area contributed by atoms with E-state index in [1.807, 2.05) is 11.3 Å². The summed E-state index contributed by atoms with van der Waals surface area (Å²) >= 11 is 1.92. The van der Waals surface area contributed by atoms with E-state index in [1.54, 1.807) is 28.6 Å². The number of aromatic nitrogens is 2. The molecule has 1 aromatic carbocycles. The number of imidazole rings is 1. The van der Waals surface area contributed by atoms with E-state index in [0.29, 0.717) is 5.92 Å². The number of aliphatic carboxylic acids is 1. The van der Waals surface area contributed by atoms with Crippen molar-refractivity contribution in [3.8, 4) is 5.75 Å². The van der Waals surface area contributed by atoms with E-state index in [-0.39, 0.29) is 5.75 Å². The summed E-state index contributed by atoms with van der Waals surface area (Å²) in [6.45, 7) is 3.31. The van der Waals surface area contributed by atoms with Crippen LogP contribution in [0.25, 0.3) is 11.0 Å². The van der Waals surface area contributed by atoms with Crippen molar-refractivity contribution in [2.45, 2.75) is 50.4 Å². The maximum atomic E-state index is 11.3. The maximum absolute atomic E-state index is 11.3. The van der Waals surface area contributed by atoms with Gasteiger partial charge in [-0.15, -0.1) is 11.3 Å². The molecule has 2 aromatic heterocycles. The van der Waals surface area contributed by atoms with Gasteiger partial charge in [0, 0.05) is 16.9 Å². The van der Waals surface area contributed by atoms with Gasteiger partial charge in [-0.05, 0) is 93.2 Å². The molecule has 1 unspecified atom stereocenters. The highest BCUT2D eigenvalue weighted by Gasteiger charge is 2.26. The molecule has 168 valence electrons. The zero-order valence-electron chi connectivity index (χ0n) is 17.9. The lowest BCUT2D eigenvalue weighted by Crippen LogP contribution is -2.34. The molecular formula is C24H27N3O4S. The third-order valence-corrected chi connectivity index (χ3v) is 7.80. The smallest absolute Gasteiger partial charge is 0.422 e. The van der Waals surface area contributed by atoms with Crippen molar-refractivity contribution in [1.82, 2.24) is 14.9 Å². The largest absolute Gasteiger partial charge is 0.473 e. The Labute approximate surface area is 190 Å². The summed E-state index contributed by atoms with van der Waals surface area (Å²) in [6, 6.07) is 7.29. The maximum Gasteiger partial charge on any atom is 0.422 e. The van der Waals surface area contributed by atoms with E-state index in [1.165, 1.54) is 25.7 Å². The number of benzene rings is 1. The molecule has 1 aliphatic carbocycles. The zero-order valence-corrected chi connectivity index (χ0v) is 18.7. The van der Waals surface area contributed by atoms with E-state index in [9.17, 15) is 9.59 Å². The molecular weight excluding hydrogens is 426 g/mol. The van der Waals surface area contributed by atoms with Gasteiger partial charge in [0.15, 0.2) is 0 Å². The number of esters is 1. The molecule has 1 aliphatic heterocycles. The number of ether oxygens (including phenoxy) is 1. The number of aromatic amines is 1. The Hall–Kier alpha value is -2.71. The molecule has 1 saturated heterocycles. The standard InChI is InChI=1S/C24H27N3O4S/c28-23(29)24(30)31-17-4-5-19-20(14-17)26-22(25-19)16-7-11-27(12-8-16)10-6-15-2-1-3-21-18(15)9-13-32-21/h4-5,9,13-16H,1-3,6-8,10-12H2,(H,25,26)(H,28,29). The Kier molecular flexibility index (Phi) is 5.97. The lowest BCUT2D eigenvalue weighted by atomic mass is 9.85. The number of carboxylic acid groups (broad SMARTS) is 1. The molecule has 32 heavy (non-hydrogen) atoms. The molecule has 1 fully saturated rings. The third kappa shape index (κ3) is 4.42. The average Bonchev–Trinajstić information content (AvgIpc) is 3.45. The van der Waals surface area contributed by atoms with Gasteiger partial charge in [-0.3, -0.25) is 0 Å². The quantitative estimate of drug-likeness (QED) is 0.340. The van der Waals surface area contributed by atoms with Crippen LogP contribution in [0, 0.1) is 0 Å². The second-order valence-electron chi connectivity index (χ2n) is 8.79. The van der Waals surface area contributed by atoms with Crippen LogP contribution in [0.3, 0.4) is 0 Å². The van der Waals surface area contributed by atoms with Gasteiger partial charge in [0.2, 0.25) is 0 Å². The van der Waals surface area contributed by atoms with E-state index < -0.39 is 11.9 Å². The van der Waals surface area contributed by atoms with Gasteiger partial charge in [-0.1, -0.05) is 0 Å². The number of carbonyl (C=O) groups excluding carboxylic acids is 1. The number of thiophene rings is 1. The molecule has 0 spiro atoms. The lowest BCUT2D eigenvalue weighted by molar-refractivity contribution is -0.158. The summed E-state index contributed by atoms with van der Waals surface area (Å²) in [5.41, 5.74) is 3.15. The van der Waals surface area contributed by atoms with E-state index >= 15 is 0 Å². The number of piperidine rings is 1. The minimum absolute atomic E-state index is 0.200. The Balaban J connectivity index is 1.16. The van der Waals surface area contributed by atoms with Gasteiger partial charge in [0.25, 0.3) is 0 Å². The summed E-state index contributed by atoms with van der Waals surface area (Å²) in [7, 11) is 0. The Bertz CT molecular complexity index is 1130. The van der Waals surface area contributed by atoms with E-state index in [2.05, 4.69) is 21.3 Å². The predicted molar refractivity (Wildman–Crippen MR) is 122 cm³/mol. The normalized spacial score (nSPS) is 19.7. The van der Waals surface area contributed by atoms with Crippen molar-refractivity contribution in [2.75, 3.05) is 19.6 Å². The number of H-pyrrole nitrogens is 1. The molecule has 0 saturated carbocycles. The molecule has 0 amide bonds. The van der Waals surface area contributed by atoms with Crippen molar-refractivity contribution in [3.63, 3.8) is 0 Å². The number of hydrogen-bond donors (Lipinski definition) is 2. The van der Waals surface area contributed by atoms with Crippen LogP contribution < -0.4 is 4.74 Å². The van der Waals surface area contributed by atoms with Gasteiger partial charge < -0.3 is 19.7 Å². The Morgan fingerprint density at radius 1 is 1.22 bits per heavy atom. The number of hydrogen-bond acceptors (Lipinski definition) is 6. The van der Waals surface area contributed by atoms with Crippen LogP contribution in [-0.2, 0) is 16.0 Å². The minimum Gasteiger partial charge on any atom is -0.473 e. The fraction of sp³-hybridized carbons (Fsp3) is 0.458. The monoisotopic (exact) mass is 453 g/mol. The second kappa shape index (κ2) is 9.03. The third-order valence-electron chi connectivity index (χ3n) is 6.80. The number of fused-ring (bicyclic) bond motifs is 2. The summed E-state index contributed by atoms with van der Waals surface area (Å²) in [6.07, 6.45) is 7.28. The summed E-state index contributed by atoms with van der Waals surface area (Å²) in [5, 5.41) is 11.0. The van der Waals surface area contributed by atoms with Crippen LogP contribution in [-0.4, -0.2) is 51.5 Å². The number of rotatable bonds is 5. The van der Waals surface area contributed by atoms with Gasteiger partial charge in [-0.25, -0.2) is 14.6 Å². The minimum atomic E-state index is -1.61. The number of nitrogens with one attached hydrogen (secondary N) is 1. The topological polar surface area (TPSA) is 95.5 Å². The summed E-state index contributed by atoms with van der Waals surface area (Å²) < 4.78 is 4.85. The van der Waals surface area contributed by atoms with Crippen LogP contribution in [0.5, 0.6) is 5.75 Å². The highest BCUT2D eigenvalue weighted by molar-refractivity contribution is 7.10. The molecule has 3 aromatic rings. The second-order valence-corrected chi connectivity index (χ2v) is 9.79. The molecule has 3 heterocycles. The first kappa shape index (κ1) is 21.2. The predicted octanol–water partition coefficient (Wildman–Crippen LogP) is 4.30. The van der Waals surface area contributed by atoms with E-state index in [4.69, 9.17) is 14.8 Å². The van der Waals surface area contributed by atoms with Gasteiger partial charge in [0.05, 0.1) is 11.0 Å². The zero-order chi connectivity index (χ0) is 22.1. The number of carboxylic acids is 1. The molecule has 0 bridgehead atoms. The lowest BCUT2D eigenvalue weighted by Gasteiger charge is -2.32. The number of carbonyl (C=O) groups is 2. The molecule has 7 nitrogen and oxygen atoms in total. The molecule has 2 N–H and O–H groups in total. The number of likely N-dealkylation sites (tertiary alicyclic amines) is 1. The van der Waals surface area contributed by atoms with Crippen molar-refractivity contribution < 1.29 is 19.4 Å². The van der Waals surface area contributed by atoms with Crippen LogP contribution >= 0.6 is 11.3 Å². The number of aryl methyl sites for hydroxylation is 1. The first-order chi connectivity index (χ1) is 15.6. The first-order valence-electron chi connectivity index (χ1n) is 11.3. The van der Waals surface area contributed by atoms with Crippen molar-refractivity contribution in [3.05, 3.63) is 45.9 Å². The van der Waals surface area contributed by atoms with Gasteiger partial charge in [-0.2, -0.15) is 0 Å². The molecule has 5 rings (SSSR count). The average molecular weight is 454 g/mol. The van der Waals surface area contributed by atoms with Crippen LogP contribution in [0.15, 0.2) is 29.6 Å². The number of nitrogens with zero attached hydrogens (tertiary/aromatic N) is 2. The molecule has 1 atom stereocenters. The molecule has 0 radical (unpaired) electrons. The SMILES string of the molecule is O=C(O)C(=O)Oc1ccc2nc(C3CCN(CCC4CCCc5sccc54)CC3)[nH]c2c1. The first-order valence-corrected chi connectivity index (χ1v) is 12.2. The highest BCUT2D eigenvalue weighted by atomic mass is 32.1. The van der Waals surface area contributed by atoms with Gasteiger partial charge in [0.1, 0.15) is 11.6 Å². The molecule has 2 aliphatic rings. The fourth-order valence-electron chi connectivity index (χ4n) is 5.07. The van der Waals surface area contributed by atoms with Crippen molar-refractivity contribution in [1.29, 1.82) is 0 Å². The van der Waals surface area contributed by atoms with Crippen LogP contribution in [0.1, 0.15) is 60.2 Å². The van der Waals surface area contributed by atoms with Crippen molar-refractivity contribution >= 4 is 34.3 Å².